The Morgan fingerprint density at radius 1 is 1.16 bits per heavy atom. The van der Waals surface area contributed by atoms with Gasteiger partial charge in [0.25, 0.3) is 5.91 Å². The van der Waals surface area contributed by atoms with Crippen molar-refractivity contribution in [2.24, 2.45) is 7.05 Å². The van der Waals surface area contributed by atoms with Crippen molar-refractivity contribution in [2.75, 3.05) is 25.5 Å². The molecule has 2 N–H and O–H groups in total. The molecule has 0 spiro atoms. The number of imidazole rings is 1. The number of pyridine rings is 1. The highest BCUT2D eigenvalue weighted by molar-refractivity contribution is 9.10. The Balaban J connectivity index is 1.25. The van der Waals surface area contributed by atoms with Gasteiger partial charge < -0.3 is 24.8 Å². The Labute approximate surface area is 223 Å². The number of ether oxygens (including phenoxy) is 1. The van der Waals surface area contributed by atoms with E-state index in [-0.39, 0.29) is 11.7 Å². The molecule has 1 saturated heterocycles. The third-order valence-corrected chi connectivity index (χ3v) is 7.31. The highest BCUT2D eigenvalue weighted by atomic mass is 79.9. The van der Waals surface area contributed by atoms with Crippen molar-refractivity contribution in [3.63, 3.8) is 0 Å². The lowest BCUT2D eigenvalue weighted by atomic mass is 10.1. The number of hydrogen-bond donors (Lipinski definition) is 2. The normalized spacial score (nSPS) is 15.7. The standard InChI is InChI=1S/C27H28BrFN6O2/c1-34-13-3-4-18(34)9-11-31-26(36)24-16-20(10-12-30-24)37-19-6-8-25-23(15-19)33-27(35(25)2)32-17-5-7-21(28)22(29)14-17/h5-8,10,12,14-16,18H,3-4,9,11,13H2,1-2H3,(H,31,36)(H,32,33). The van der Waals surface area contributed by atoms with E-state index in [9.17, 15) is 9.18 Å². The molecule has 2 aromatic carbocycles. The van der Waals surface area contributed by atoms with Gasteiger partial charge in [-0.3, -0.25) is 9.78 Å². The Kier molecular flexibility index (Phi) is 7.38. The number of halogens is 2. The van der Waals surface area contributed by atoms with E-state index in [1.807, 2.05) is 29.8 Å². The summed E-state index contributed by atoms with van der Waals surface area (Å²) in [6, 6.07) is 14.2. The summed E-state index contributed by atoms with van der Waals surface area (Å²) < 4.78 is 22.2. The van der Waals surface area contributed by atoms with Crippen molar-refractivity contribution in [1.82, 2.24) is 24.8 Å². The Morgan fingerprint density at radius 2 is 2.00 bits per heavy atom. The number of aromatic nitrogens is 3. The zero-order valence-electron chi connectivity index (χ0n) is 20.7. The molecule has 5 rings (SSSR count). The van der Waals surface area contributed by atoms with Gasteiger partial charge in [0.1, 0.15) is 23.0 Å². The molecule has 1 unspecified atom stereocenters. The first-order chi connectivity index (χ1) is 17.9. The van der Waals surface area contributed by atoms with E-state index in [1.54, 1.807) is 30.5 Å². The van der Waals surface area contributed by atoms with Gasteiger partial charge in [0.05, 0.1) is 15.5 Å². The lowest BCUT2D eigenvalue weighted by Gasteiger charge is -2.19. The fourth-order valence-corrected chi connectivity index (χ4v) is 4.83. The minimum absolute atomic E-state index is 0.216. The Bertz CT molecular complexity index is 1440. The lowest BCUT2D eigenvalue weighted by molar-refractivity contribution is 0.0945. The second kappa shape index (κ2) is 10.9. The van der Waals surface area contributed by atoms with Crippen LogP contribution in [-0.4, -0.2) is 51.5 Å². The van der Waals surface area contributed by atoms with Gasteiger partial charge in [0.2, 0.25) is 5.95 Å². The molecule has 192 valence electrons. The highest BCUT2D eigenvalue weighted by Crippen LogP contribution is 2.29. The molecule has 1 amide bonds. The Hall–Kier alpha value is -3.50. The van der Waals surface area contributed by atoms with E-state index >= 15 is 0 Å². The number of rotatable bonds is 8. The van der Waals surface area contributed by atoms with Crippen LogP contribution < -0.4 is 15.4 Å². The quantitative estimate of drug-likeness (QED) is 0.288. The van der Waals surface area contributed by atoms with E-state index in [1.165, 1.54) is 18.9 Å². The maximum atomic E-state index is 13.9. The number of nitrogens with one attached hydrogen (secondary N) is 2. The molecule has 0 saturated carbocycles. The van der Waals surface area contributed by atoms with Crippen molar-refractivity contribution >= 4 is 44.5 Å². The minimum Gasteiger partial charge on any atom is -0.457 e. The van der Waals surface area contributed by atoms with Crippen LogP contribution in [0.1, 0.15) is 29.8 Å². The van der Waals surface area contributed by atoms with Gasteiger partial charge in [-0.25, -0.2) is 9.37 Å². The average molecular weight is 567 g/mol. The zero-order valence-corrected chi connectivity index (χ0v) is 22.3. The average Bonchev–Trinajstić information content (AvgIpc) is 3.43. The number of carbonyl (C=O) groups is 1. The van der Waals surface area contributed by atoms with Crippen LogP contribution >= 0.6 is 15.9 Å². The van der Waals surface area contributed by atoms with Crippen LogP contribution in [0, 0.1) is 5.82 Å². The molecule has 1 atom stereocenters. The number of anilines is 2. The molecule has 0 aliphatic carbocycles. The molecule has 37 heavy (non-hydrogen) atoms. The molecule has 1 aliphatic rings. The molecule has 0 bridgehead atoms. The van der Waals surface area contributed by atoms with Crippen molar-refractivity contribution < 1.29 is 13.9 Å². The molecule has 3 heterocycles. The summed E-state index contributed by atoms with van der Waals surface area (Å²) in [5.74, 6) is 1.08. The third kappa shape index (κ3) is 5.75. The fraction of sp³-hybridized carbons (Fsp3) is 0.296. The number of nitrogens with zero attached hydrogens (tertiary/aromatic N) is 4. The van der Waals surface area contributed by atoms with Gasteiger partial charge in [-0.1, -0.05) is 0 Å². The van der Waals surface area contributed by atoms with Crippen LogP contribution in [0.4, 0.5) is 16.0 Å². The fourth-order valence-electron chi connectivity index (χ4n) is 4.58. The topological polar surface area (TPSA) is 84.3 Å². The SMILES string of the molecule is CN1CCCC1CCNC(=O)c1cc(Oc2ccc3c(c2)nc(Nc2ccc(Br)c(F)c2)n3C)ccn1. The van der Waals surface area contributed by atoms with Crippen LogP contribution in [0.3, 0.4) is 0 Å². The molecule has 2 aromatic heterocycles. The predicted molar refractivity (Wildman–Crippen MR) is 145 cm³/mol. The second-order valence-electron chi connectivity index (χ2n) is 9.20. The van der Waals surface area contributed by atoms with Crippen LogP contribution in [-0.2, 0) is 7.05 Å². The van der Waals surface area contributed by atoms with Gasteiger partial charge in [0.15, 0.2) is 0 Å². The van der Waals surface area contributed by atoms with Crippen LogP contribution in [0.15, 0.2) is 59.2 Å². The number of carbonyl (C=O) groups excluding carboxylic acids is 1. The first-order valence-electron chi connectivity index (χ1n) is 12.2. The van der Waals surface area contributed by atoms with Gasteiger partial charge in [-0.2, -0.15) is 0 Å². The minimum atomic E-state index is -0.355. The van der Waals surface area contributed by atoms with Gasteiger partial charge in [-0.15, -0.1) is 0 Å². The summed E-state index contributed by atoms with van der Waals surface area (Å²) in [7, 11) is 4.01. The van der Waals surface area contributed by atoms with Crippen LogP contribution in [0.5, 0.6) is 11.5 Å². The lowest BCUT2D eigenvalue weighted by Crippen LogP contribution is -2.32. The largest absolute Gasteiger partial charge is 0.457 e. The summed E-state index contributed by atoms with van der Waals surface area (Å²) in [5, 5.41) is 6.12. The number of hydrogen-bond acceptors (Lipinski definition) is 6. The van der Waals surface area contributed by atoms with Gasteiger partial charge >= 0.3 is 0 Å². The van der Waals surface area contributed by atoms with E-state index in [2.05, 4.69) is 48.5 Å². The van der Waals surface area contributed by atoms with Crippen molar-refractivity contribution in [2.45, 2.75) is 25.3 Å². The number of benzene rings is 2. The van der Waals surface area contributed by atoms with Crippen LogP contribution in [0.2, 0.25) is 0 Å². The Morgan fingerprint density at radius 3 is 2.78 bits per heavy atom. The molecular weight excluding hydrogens is 539 g/mol. The van der Waals surface area contributed by atoms with Crippen molar-refractivity contribution in [3.8, 4) is 11.5 Å². The van der Waals surface area contributed by atoms with Crippen molar-refractivity contribution in [3.05, 3.63) is 70.7 Å². The van der Waals surface area contributed by atoms with E-state index in [0.29, 0.717) is 51.4 Å². The number of aryl methyl sites for hydroxylation is 1. The smallest absolute Gasteiger partial charge is 0.270 e. The monoisotopic (exact) mass is 566 g/mol. The summed E-state index contributed by atoms with van der Waals surface area (Å²) in [4.78, 5) is 23.8. The number of amides is 1. The second-order valence-corrected chi connectivity index (χ2v) is 10.1. The molecule has 1 aliphatic heterocycles. The van der Waals surface area contributed by atoms with E-state index in [4.69, 9.17) is 4.74 Å². The van der Waals surface area contributed by atoms with Gasteiger partial charge in [0, 0.05) is 43.7 Å². The maximum absolute atomic E-state index is 13.9. The highest BCUT2D eigenvalue weighted by Gasteiger charge is 2.20. The molecule has 0 radical (unpaired) electrons. The molecule has 8 nitrogen and oxygen atoms in total. The van der Waals surface area contributed by atoms with Crippen molar-refractivity contribution in [1.29, 1.82) is 0 Å². The molecule has 4 aromatic rings. The third-order valence-electron chi connectivity index (χ3n) is 6.66. The van der Waals surface area contributed by atoms with Gasteiger partial charge in [-0.05, 0) is 85.2 Å². The summed E-state index contributed by atoms with van der Waals surface area (Å²) >= 11 is 3.17. The first-order valence-corrected chi connectivity index (χ1v) is 13.0. The van der Waals surface area contributed by atoms with E-state index < -0.39 is 0 Å². The summed E-state index contributed by atoms with van der Waals surface area (Å²) in [5.41, 5.74) is 2.50. The predicted octanol–water partition coefficient (Wildman–Crippen LogP) is 5.62. The maximum Gasteiger partial charge on any atom is 0.270 e. The number of fused-ring (bicyclic) bond motifs is 1. The zero-order chi connectivity index (χ0) is 25.9. The summed E-state index contributed by atoms with van der Waals surface area (Å²) in [6.45, 7) is 1.73. The van der Waals surface area contributed by atoms with E-state index in [0.717, 1.165) is 18.5 Å². The van der Waals surface area contributed by atoms with Crippen LogP contribution in [0.25, 0.3) is 11.0 Å². The first kappa shape index (κ1) is 25.2. The molecule has 10 heteroatoms. The summed E-state index contributed by atoms with van der Waals surface area (Å²) in [6.07, 6.45) is 4.88. The number of likely N-dealkylation sites (tertiary alicyclic amines) is 1. The molecular formula is C27H28BrFN6O2. The molecule has 1 fully saturated rings.